The molecule has 0 spiro atoms. The summed E-state index contributed by atoms with van der Waals surface area (Å²) in [6, 6.07) is -0.0907. The summed E-state index contributed by atoms with van der Waals surface area (Å²) in [7, 11) is -3.57. The van der Waals surface area contributed by atoms with Crippen LogP contribution in [-0.2, 0) is 16.6 Å². The molecule has 0 aromatic carbocycles. The minimum absolute atomic E-state index is 0.0907. The summed E-state index contributed by atoms with van der Waals surface area (Å²) >= 11 is 0. The first-order valence-electron chi connectivity index (χ1n) is 7.58. The van der Waals surface area contributed by atoms with Gasteiger partial charge in [-0.05, 0) is 34.1 Å². The van der Waals surface area contributed by atoms with E-state index in [0.29, 0.717) is 23.6 Å². The maximum absolute atomic E-state index is 13.0. The average molecular weight is 316 g/mol. The second-order valence-corrected chi connectivity index (χ2v) is 7.47. The van der Waals surface area contributed by atoms with Gasteiger partial charge in [-0.3, -0.25) is 0 Å². The molecule has 0 unspecified atom stereocenters. The molecule has 0 amide bonds. The van der Waals surface area contributed by atoms with E-state index in [-0.39, 0.29) is 17.5 Å². The minimum atomic E-state index is -3.57. The van der Waals surface area contributed by atoms with E-state index in [1.165, 1.54) is 0 Å². The van der Waals surface area contributed by atoms with Crippen LogP contribution in [0.15, 0.2) is 9.31 Å². The Morgan fingerprint density at radius 3 is 2.29 bits per heavy atom. The van der Waals surface area contributed by atoms with Crippen molar-refractivity contribution in [3.63, 3.8) is 0 Å². The molecule has 0 fully saturated rings. The van der Waals surface area contributed by atoms with E-state index in [2.05, 4.69) is 6.92 Å². The van der Waals surface area contributed by atoms with E-state index in [9.17, 15) is 8.42 Å². The summed E-state index contributed by atoms with van der Waals surface area (Å²) in [4.78, 5) is 0.257. The highest BCUT2D eigenvalue weighted by atomic mass is 32.2. The predicted octanol–water partition coefficient (Wildman–Crippen LogP) is 2.94. The third-order valence-electron chi connectivity index (χ3n) is 3.65. The van der Waals surface area contributed by atoms with Gasteiger partial charge < -0.3 is 10.2 Å². The molecule has 1 aromatic heterocycles. The molecule has 1 rings (SSSR count). The van der Waals surface area contributed by atoms with Crippen molar-refractivity contribution >= 4 is 10.0 Å². The predicted molar refractivity (Wildman–Crippen MR) is 84.6 cm³/mol. The van der Waals surface area contributed by atoms with E-state index in [1.807, 2.05) is 13.8 Å². The lowest BCUT2D eigenvalue weighted by molar-refractivity contribution is 0.344. The van der Waals surface area contributed by atoms with Gasteiger partial charge in [0.25, 0.3) is 0 Å². The van der Waals surface area contributed by atoms with E-state index in [4.69, 9.17) is 10.2 Å². The van der Waals surface area contributed by atoms with Crippen molar-refractivity contribution in [1.82, 2.24) is 4.31 Å². The summed E-state index contributed by atoms with van der Waals surface area (Å²) in [5, 5.41) is 0. The molecule has 1 heterocycles. The molecule has 0 radical (unpaired) electrons. The van der Waals surface area contributed by atoms with Gasteiger partial charge in [0.05, 0.1) is 0 Å². The van der Waals surface area contributed by atoms with Crippen LogP contribution in [0, 0.1) is 13.8 Å². The zero-order valence-electron chi connectivity index (χ0n) is 13.8. The van der Waals surface area contributed by atoms with Crippen LogP contribution in [0.4, 0.5) is 0 Å². The van der Waals surface area contributed by atoms with Gasteiger partial charge in [-0.2, -0.15) is 4.31 Å². The fourth-order valence-electron chi connectivity index (χ4n) is 2.57. The number of nitrogens with zero attached hydrogens (tertiary/aromatic N) is 1. The Hall–Kier alpha value is -0.850. The Balaban J connectivity index is 3.23. The van der Waals surface area contributed by atoms with Gasteiger partial charge in [0, 0.05) is 24.7 Å². The van der Waals surface area contributed by atoms with Gasteiger partial charge in [-0.1, -0.05) is 19.8 Å². The fourth-order valence-corrected chi connectivity index (χ4v) is 4.68. The van der Waals surface area contributed by atoms with Crippen LogP contribution in [0.1, 0.15) is 57.1 Å². The molecule has 0 aliphatic rings. The molecule has 0 aliphatic heterocycles. The molecule has 5 nitrogen and oxygen atoms in total. The van der Waals surface area contributed by atoms with Crippen LogP contribution < -0.4 is 5.73 Å². The van der Waals surface area contributed by atoms with Gasteiger partial charge in [-0.25, -0.2) is 8.42 Å². The molecule has 0 atom stereocenters. The van der Waals surface area contributed by atoms with Crippen molar-refractivity contribution < 1.29 is 12.8 Å². The van der Waals surface area contributed by atoms with Crippen LogP contribution >= 0.6 is 0 Å². The lowest BCUT2D eigenvalue weighted by Crippen LogP contribution is -2.38. The monoisotopic (exact) mass is 316 g/mol. The van der Waals surface area contributed by atoms with Gasteiger partial charge in [0.2, 0.25) is 10.0 Å². The van der Waals surface area contributed by atoms with Crippen molar-refractivity contribution in [3.8, 4) is 0 Å². The van der Waals surface area contributed by atoms with Crippen molar-refractivity contribution in [3.05, 3.63) is 17.1 Å². The van der Waals surface area contributed by atoms with Crippen LogP contribution in [0.25, 0.3) is 0 Å². The standard InChI is InChI=1S/C15H28N2O3S/c1-6-7-8-9-17(11(2)3)21(18,19)15-13(5)20-12(4)14(15)10-16/h11H,6-10,16H2,1-5H3. The maximum Gasteiger partial charge on any atom is 0.247 e. The Kier molecular flexibility index (Phi) is 6.43. The maximum atomic E-state index is 13.0. The van der Waals surface area contributed by atoms with Crippen molar-refractivity contribution in [2.75, 3.05) is 6.54 Å². The highest BCUT2D eigenvalue weighted by Gasteiger charge is 2.33. The van der Waals surface area contributed by atoms with Crippen LogP contribution in [0.2, 0.25) is 0 Å². The first-order chi connectivity index (χ1) is 9.77. The van der Waals surface area contributed by atoms with Crippen molar-refractivity contribution in [1.29, 1.82) is 0 Å². The van der Waals surface area contributed by atoms with Gasteiger partial charge >= 0.3 is 0 Å². The summed E-state index contributed by atoms with van der Waals surface area (Å²) in [6.07, 6.45) is 2.94. The lowest BCUT2D eigenvalue weighted by atomic mass is 10.2. The fraction of sp³-hybridized carbons (Fsp3) is 0.733. The SMILES string of the molecule is CCCCCN(C(C)C)S(=O)(=O)c1c(C)oc(C)c1CN. The molecule has 122 valence electrons. The van der Waals surface area contributed by atoms with Crippen molar-refractivity contribution in [2.24, 2.45) is 5.73 Å². The molecule has 2 N–H and O–H groups in total. The second kappa shape index (κ2) is 7.42. The van der Waals surface area contributed by atoms with Crippen LogP contribution in [0.3, 0.4) is 0 Å². The lowest BCUT2D eigenvalue weighted by Gasteiger charge is -2.26. The Morgan fingerprint density at radius 1 is 1.19 bits per heavy atom. The van der Waals surface area contributed by atoms with Crippen molar-refractivity contribution in [2.45, 2.75) is 71.4 Å². The number of hydrogen-bond donors (Lipinski definition) is 1. The summed E-state index contributed by atoms with van der Waals surface area (Å²) < 4.78 is 33.0. The minimum Gasteiger partial charge on any atom is -0.465 e. The molecule has 0 bridgehead atoms. The summed E-state index contributed by atoms with van der Waals surface area (Å²) in [5.74, 6) is 1.01. The third-order valence-corrected chi connectivity index (χ3v) is 5.93. The number of furan rings is 1. The second-order valence-electron chi connectivity index (χ2n) is 5.64. The smallest absolute Gasteiger partial charge is 0.247 e. The molecule has 0 saturated heterocycles. The number of aryl methyl sites for hydroxylation is 2. The number of unbranched alkanes of at least 4 members (excludes halogenated alkanes) is 2. The summed E-state index contributed by atoms with van der Waals surface area (Å²) in [6.45, 7) is 10.0. The van der Waals surface area contributed by atoms with Gasteiger partial charge in [0.15, 0.2) is 0 Å². The van der Waals surface area contributed by atoms with Crippen LogP contribution in [0.5, 0.6) is 0 Å². The Bertz CT molecular complexity index is 562. The zero-order chi connectivity index (χ0) is 16.2. The number of sulfonamides is 1. The molecule has 6 heteroatoms. The van der Waals surface area contributed by atoms with E-state index in [1.54, 1.807) is 18.2 Å². The zero-order valence-corrected chi connectivity index (χ0v) is 14.6. The highest BCUT2D eigenvalue weighted by molar-refractivity contribution is 7.89. The number of rotatable bonds is 8. The molecule has 0 aliphatic carbocycles. The Labute approximate surface area is 128 Å². The van der Waals surface area contributed by atoms with E-state index >= 15 is 0 Å². The number of hydrogen-bond acceptors (Lipinski definition) is 4. The van der Waals surface area contributed by atoms with Gasteiger partial charge in [-0.15, -0.1) is 0 Å². The van der Waals surface area contributed by atoms with E-state index < -0.39 is 10.0 Å². The number of nitrogens with two attached hydrogens (primary N) is 1. The van der Waals surface area contributed by atoms with Crippen LogP contribution in [-0.4, -0.2) is 25.3 Å². The first-order valence-corrected chi connectivity index (χ1v) is 9.02. The quantitative estimate of drug-likeness (QED) is 0.748. The first kappa shape index (κ1) is 18.2. The molecular formula is C15H28N2O3S. The van der Waals surface area contributed by atoms with E-state index in [0.717, 1.165) is 19.3 Å². The highest BCUT2D eigenvalue weighted by Crippen LogP contribution is 2.30. The molecule has 0 saturated carbocycles. The normalized spacial score (nSPS) is 12.6. The largest absolute Gasteiger partial charge is 0.465 e. The summed E-state index contributed by atoms with van der Waals surface area (Å²) in [5.41, 5.74) is 6.31. The molecule has 21 heavy (non-hydrogen) atoms. The topological polar surface area (TPSA) is 76.5 Å². The molecule has 1 aromatic rings. The molecular weight excluding hydrogens is 288 g/mol. The third kappa shape index (κ3) is 3.87. The Morgan fingerprint density at radius 2 is 1.81 bits per heavy atom. The average Bonchev–Trinajstić information content (AvgIpc) is 2.68. The van der Waals surface area contributed by atoms with Gasteiger partial charge in [0.1, 0.15) is 16.4 Å².